The van der Waals surface area contributed by atoms with Gasteiger partial charge in [0.25, 0.3) is 11.8 Å². The van der Waals surface area contributed by atoms with E-state index in [0.29, 0.717) is 0 Å². The second-order valence-corrected chi connectivity index (χ2v) is 17.7. The van der Waals surface area contributed by atoms with Crippen LogP contribution in [-0.4, -0.2) is 152 Å². The van der Waals surface area contributed by atoms with E-state index in [-0.39, 0.29) is 22.9 Å². The molecule has 8 atom stereocenters. The van der Waals surface area contributed by atoms with Gasteiger partial charge in [-0.3, -0.25) is 48.3 Å². The van der Waals surface area contributed by atoms with Crippen molar-refractivity contribution in [2.24, 2.45) is 11.8 Å². The molecule has 0 radical (unpaired) electrons. The summed E-state index contributed by atoms with van der Waals surface area (Å²) in [7, 11) is 2.01. The molecule has 0 spiro atoms. The number of hydrogen-bond acceptors (Lipinski definition) is 18. The molecule has 0 saturated carbocycles. The Labute approximate surface area is 374 Å². The summed E-state index contributed by atoms with van der Waals surface area (Å²) >= 11 is 0. The van der Waals surface area contributed by atoms with Gasteiger partial charge in [0.05, 0.1) is 12.4 Å². The first-order valence-electron chi connectivity index (χ1n) is 19.9. The fourth-order valence-electron chi connectivity index (χ4n) is 5.63. The lowest BCUT2D eigenvalue weighted by Crippen LogP contribution is -2.60. The number of aromatic nitrogens is 4. The van der Waals surface area contributed by atoms with Crippen molar-refractivity contribution >= 4 is 80.8 Å². The van der Waals surface area contributed by atoms with Gasteiger partial charge in [0.15, 0.2) is 0 Å². The second kappa shape index (κ2) is 23.9. The standard InChI is InChI=1S/C38H50N12O12S2/c1-17(2)27-37(59)61-13-23(45-31(53)21-11-39-7-9-41-21)33(55)43-20(6)30(52)48-26-16-64-63-15-25(35(57)49-27)47-29(51)19(5)44-34(56)24(46-32(54)22-12-40-8-10-42-22)14-62-38(60)28(18(3)4)50-36(26)58/h7-12,17-20,23-28H,13-16H2,1-6H3,(H,43,55)(H,44,56)(H,45,53)(H,46,54)(H,47,51)(H,48,52)(H,49,57)(H,50,58)/t19-,20-,23+,24+,25-,26-,27-,28-/m0/s1. The molecule has 0 aliphatic carbocycles. The highest BCUT2D eigenvalue weighted by atomic mass is 33.1. The summed E-state index contributed by atoms with van der Waals surface area (Å²) in [6, 6.07) is -11.5. The molecule has 2 aromatic rings. The van der Waals surface area contributed by atoms with Gasteiger partial charge in [0.2, 0.25) is 35.4 Å². The van der Waals surface area contributed by atoms with Gasteiger partial charge in [-0.15, -0.1) is 0 Å². The van der Waals surface area contributed by atoms with E-state index >= 15 is 0 Å². The van der Waals surface area contributed by atoms with Crippen molar-refractivity contribution in [3.05, 3.63) is 48.6 Å². The van der Waals surface area contributed by atoms with E-state index in [1.54, 1.807) is 27.7 Å². The van der Waals surface area contributed by atoms with Crippen LogP contribution in [0.25, 0.3) is 0 Å². The smallest absolute Gasteiger partial charge is 0.328 e. The second-order valence-electron chi connectivity index (χ2n) is 15.1. The van der Waals surface area contributed by atoms with Crippen molar-refractivity contribution in [2.75, 3.05) is 24.7 Å². The van der Waals surface area contributed by atoms with Gasteiger partial charge >= 0.3 is 11.9 Å². The predicted octanol–water partition coefficient (Wildman–Crippen LogP) is -3.08. The highest BCUT2D eigenvalue weighted by molar-refractivity contribution is 8.76. The van der Waals surface area contributed by atoms with Crippen LogP contribution in [0.5, 0.6) is 0 Å². The van der Waals surface area contributed by atoms with Crippen molar-refractivity contribution in [2.45, 2.75) is 89.9 Å². The number of carbonyl (C=O) groups excluding carboxylic acids is 10. The number of cyclic esters (lactones) is 2. The van der Waals surface area contributed by atoms with Crippen molar-refractivity contribution in [1.82, 2.24) is 62.5 Å². The lowest BCUT2D eigenvalue weighted by molar-refractivity contribution is -0.152. The third kappa shape index (κ3) is 14.6. The van der Waals surface area contributed by atoms with Gasteiger partial charge in [0, 0.05) is 36.3 Å². The van der Waals surface area contributed by atoms with Crippen LogP contribution >= 0.6 is 21.6 Å². The van der Waals surface area contributed by atoms with E-state index in [0.717, 1.165) is 34.0 Å². The van der Waals surface area contributed by atoms with Gasteiger partial charge in [-0.2, -0.15) is 0 Å². The lowest BCUT2D eigenvalue weighted by atomic mass is 10.0. The maximum Gasteiger partial charge on any atom is 0.328 e. The number of nitrogens with one attached hydrogen (secondary N) is 8. The molecule has 8 N–H and O–H groups in total. The summed E-state index contributed by atoms with van der Waals surface area (Å²) in [6.07, 6.45) is 7.35. The molecule has 0 aromatic carbocycles. The molecule has 4 rings (SSSR count). The van der Waals surface area contributed by atoms with Crippen LogP contribution in [0, 0.1) is 11.8 Å². The Balaban J connectivity index is 1.73. The average Bonchev–Trinajstić information content (AvgIpc) is 3.26. The number of amides is 8. The molecule has 2 fully saturated rings. The van der Waals surface area contributed by atoms with Crippen LogP contribution in [0.15, 0.2) is 37.2 Å². The maximum atomic E-state index is 13.9. The average molecular weight is 931 g/mol. The minimum Gasteiger partial charge on any atom is -0.461 e. The molecule has 346 valence electrons. The topological polar surface area (TPSA) is 337 Å². The normalized spacial score (nSPS) is 26.3. The number of esters is 2. The monoisotopic (exact) mass is 930 g/mol. The third-order valence-corrected chi connectivity index (χ3v) is 11.8. The largest absolute Gasteiger partial charge is 0.461 e. The first-order chi connectivity index (χ1) is 30.4. The molecule has 2 aliphatic heterocycles. The van der Waals surface area contributed by atoms with Crippen LogP contribution in [0.4, 0.5) is 0 Å². The zero-order chi connectivity index (χ0) is 47.1. The number of carbonyl (C=O) groups is 10. The molecule has 2 aliphatic rings. The van der Waals surface area contributed by atoms with Crippen LogP contribution < -0.4 is 42.5 Å². The Morgan fingerprint density at radius 2 is 0.938 bits per heavy atom. The number of fused-ring (bicyclic) bond motifs is 5. The van der Waals surface area contributed by atoms with E-state index in [2.05, 4.69) is 62.5 Å². The van der Waals surface area contributed by atoms with Crippen molar-refractivity contribution in [3.8, 4) is 0 Å². The number of ether oxygens (including phenoxy) is 2. The zero-order valence-corrected chi connectivity index (χ0v) is 37.2. The fraction of sp³-hybridized carbons (Fsp3) is 0.526. The van der Waals surface area contributed by atoms with Gasteiger partial charge in [-0.25, -0.2) is 19.6 Å². The number of nitrogens with zero attached hydrogens (tertiary/aromatic N) is 4. The zero-order valence-electron chi connectivity index (χ0n) is 35.6. The van der Waals surface area contributed by atoms with E-state index in [1.807, 2.05) is 0 Å². The lowest BCUT2D eigenvalue weighted by Gasteiger charge is -2.28. The predicted molar refractivity (Wildman–Crippen MR) is 226 cm³/mol. The van der Waals surface area contributed by atoms with Crippen molar-refractivity contribution in [1.29, 1.82) is 0 Å². The van der Waals surface area contributed by atoms with Crippen LogP contribution in [-0.2, 0) is 47.8 Å². The quantitative estimate of drug-likeness (QED) is 0.105. The van der Waals surface area contributed by atoms with Crippen LogP contribution in [0.2, 0.25) is 0 Å². The first kappa shape index (κ1) is 50.2. The Morgan fingerprint density at radius 3 is 1.27 bits per heavy atom. The molecule has 26 heteroatoms. The Kier molecular flexibility index (Phi) is 18.7. The molecule has 64 heavy (non-hydrogen) atoms. The van der Waals surface area contributed by atoms with Gasteiger partial charge in [0.1, 0.15) is 72.9 Å². The fourth-order valence-corrected chi connectivity index (χ4v) is 7.96. The SMILES string of the molecule is CC(C)[C@@H]1NC(=O)[C@@H]2CSSC[C@H](NC(=O)[C@H](C)NC(=O)[C@H](NC(=O)c3cnccn3)COC1=O)C(=O)N[C@@H](C(C)C)C(=O)OC[C@@H](NC(=O)c1cnccn1)C(=O)N[C@@H](C)C(=O)N2. The molecule has 2 bridgehead atoms. The molecule has 4 heterocycles. The molecule has 2 aromatic heterocycles. The van der Waals surface area contributed by atoms with Crippen LogP contribution in [0.1, 0.15) is 62.5 Å². The number of hydrogen-bond donors (Lipinski definition) is 8. The summed E-state index contributed by atoms with van der Waals surface area (Å²) in [5.41, 5.74) is -0.380. The van der Waals surface area contributed by atoms with E-state index in [9.17, 15) is 47.9 Å². The van der Waals surface area contributed by atoms with Crippen LogP contribution in [0.3, 0.4) is 0 Å². The Bertz CT molecular complexity index is 1910. The number of rotatable bonds is 6. The van der Waals surface area contributed by atoms with E-state index in [4.69, 9.17) is 9.47 Å². The summed E-state index contributed by atoms with van der Waals surface area (Å²) < 4.78 is 10.9. The summed E-state index contributed by atoms with van der Waals surface area (Å²) in [5.74, 6) is -10.9. The molecule has 24 nitrogen and oxygen atoms in total. The molecule has 8 amide bonds. The Morgan fingerprint density at radius 1 is 0.562 bits per heavy atom. The maximum absolute atomic E-state index is 13.9. The summed E-state index contributed by atoms with van der Waals surface area (Å²) in [4.78, 5) is 151. The Hall–Kier alpha value is -6.44. The highest BCUT2D eigenvalue weighted by Gasteiger charge is 2.37. The van der Waals surface area contributed by atoms with E-state index in [1.165, 1.54) is 38.6 Å². The minimum absolute atomic E-state index is 0.189. The highest BCUT2D eigenvalue weighted by Crippen LogP contribution is 2.24. The first-order valence-corrected chi connectivity index (χ1v) is 22.4. The van der Waals surface area contributed by atoms with Gasteiger partial charge in [-0.05, 0) is 25.7 Å². The van der Waals surface area contributed by atoms with Gasteiger partial charge in [-0.1, -0.05) is 49.3 Å². The van der Waals surface area contributed by atoms with Crippen molar-refractivity contribution in [3.63, 3.8) is 0 Å². The van der Waals surface area contributed by atoms with E-state index < -0.39 is 133 Å². The molecule has 2 saturated heterocycles. The molecular weight excluding hydrogens is 881 g/mol. The van der Waals surface area contributed by atoms with Crippen molar-refractivity contribution < 1.29 is 57.4 Å². The third-order valence-electron chi connectivity index (χ3n) is 9.38. The summed E-state index contributed by atoms with van der Waals surface area (Å²) in [6.45, 7) is 7.39. The summed E-state index contributed by atoms with van der Waals surface area (Å²) in [5, 5.41) is 19.9. The van der Waals surface area contributed by atoms with Gasteiger partial charge < -0.3 is 52.0 Å². The molecular formula is C38H50N12O12S2. The molecule has 0 unspecified atom stereocenters. The minimum atomic E-state index is -1.62.